The number of amides is 2. The molecular formula is C19H25N5O4. The van der Waals surface area contributed by atoms with E-state index in [0.717, 1.165) is 29.6 Å². The minimum absolute atomic E-state index is 0.0937. The van der Waals surface area contributed by atoms with E-state index in [9.17, 15) is 19.7 Å². The van der Waals surface area contributed by atoms with Crippen LogP contribution >= 0.6 is 0 Å². The number of benzene rings is 1. The second-order valence-electron chi connectivity index (χ2n) is 7.04. The summed E-state index contributed by atoms with van der Waals surface area (Å²) in [5, 5.41) is 15.3. The van der Waals surface area contributed by atoms with Gasteiger partial charge in [-0.05, 0) is 37.8 Å². The summed E-state index contributed by atoms with van der Waals surface area (Å²) in [6, 6.07) is 5.29. The van der Waals surface area contributed by atoms with Crippen molar-refractivity contribution in [2.45, 2.75) is 47.1 Å². The Morgan fingerprint density at radius 3 is 2.61 bits per heavy atom. The summed E-state index contributed by atoms with van der Waals surface area (Å²) >= 11 is 0. The van der Waals surface area contributed by atoms with Gasteiger partial charge in [-0.15, -0.1) is 0 Å². The molecule has 0 aliphatic rings. The summed E-state index contributed by atoms with van der Waals surface area (Å²) in [5.41, 5.74) is 7.49. The second kappa shape index (κ2) is 9.12. The number of nitrogens with one attached hydrogen (secondary N) is 2. The van der Waals surface area contributed by atoms with E-state index in [1.54, 1.807) is 0 Å². The fraction of sp³-hybridized carbons (Fsp3) is 0.421. The Morgan fingerprint density at radius 1 is 1.25 bits per heavy atom. The number of hydrogen-bond acceptors (Lipinski definition) is 5. The van der Waals surface area contributed by atoms with Crippen LogP contribution in [0, 0.1) is 29.9 Å². The molecule has 0 saturated heterocycles. The molecule has 2 amide bonds. The van der Waals surface area contributed by atoms with Crippen LogP contribution in [0.1, 0.15) is 47.6 Å². The quantitative estimate of drug-likeness (QED) is 0.559. The van der Waals surface area contributed by atoms with Crippen LogP contribution in [0.4, 0.5) is 5.69 Å². The van der Waals surface area contributed by atoms with Gasteiger partial charge in [0.05, 0.1) is 10.6 Å². The first-order valence-corrected chi connectivity index (χ1v) is 9.05. The number of nitro benzene ring substituents is 1. The van der Waals surface area contributed by atoms with Crippen molar-refractivity contribution < 1.29 is 14.5 Å². The van der Waals surface area contributed by atoms with Gasteiger partial charge in [0.1, 0.15) is 0 Å². The standard InChI is InChI=1S/C19H25N5O4/c1-12(2)11-23-14(4)17(13(3)22-23)8-9-18(25)20-21-19(26)15-6-5-7-16(10-15)24(27)28/h5-7,10,12H,8-9,11H2,1-4H3,(H,20,25)(H,21,26). The van der Waals surface area contributed by atoms with Crippen molar-refractivity contribution in [1.82, 2.24) is 20.6 Å². The summed E-state index contributed by atoms with van der Waals surface area (Å²) in [6.07, 6.45) is 0.693. The molecule has 0 atom stereocenters. The highest BCUT2D eigenvalue weighted by molar-refractivity contribution is 5.95. The number of hydrazine groups is 1. The number of hydrogen-bond donors (Lipinski definition) is 2. The van der Waals surface area contributed by atoms with E-state index in [0.29, 0.717) is 12.3 Å². The molecule has 1 aromatic heterocycles. The van der Waals surface area contributed by atoms with Crippen LogP contribution in [0.2, 0.25) is 0 Å². The zero-order chi connectivity index (χ0) is 20.8. The van der Waals surface area contributed by atoms with Crippen molar-refractivity contribution in [1.29, 1.82) is 0 Å². The van der Waals surface area contributed by atoms with Gasteiger partial charge in [-0.2, -0.15) is 5.10 Å². The normalized spacial score (nSPS) is 10.8. The molecule has 0 aliphatic carbocycles. The molecule has 0 spiro atoms. The zero-order valence-corrected chi connectivity index (χ0v) is 16.5. The average Bonchev–Trinajstić information content (AvgIpc) is 2.90. The number of nitrogens with zero attached hydrogens (tertiary/aromatic N) is 3. The van der Waals surface area contributed by atoms with E-state index in [2.05, 4.69) is 29.8 Å². The molecule has 1 aromatic carbocycles. The first-order chi connectivity index (χ1) is 13.2. The number of aromatic nitrogens is 2. The van der Waals surface area contributed by atoms with Gasteiger partial charge in [-0.25, -0.2) is 0 Å². The van der Waals surface area contributed by atoms with Crippen LogP contribution in [0.5, 0.6) is 0 Å². The average molecular weight is 387 g/mol. The van der Waals surface area contributed by atoms with Crippen LogP contribution in [-0.4, -0.2) is 26.5 Å². The van der Waals surface area contributed by atoms with E-state index in [1.165, 1.54) is 18.2 Å². The van der Waals surface area contributed by atoms with E-state index in [4.69, 9.17) is 0 Å². The van der Waals surface area contributed by atoms with Gasteiger partial charge in [0.25, 0.3) is 11.6 Å². The van der Waals surface area contributed by atoms with Crippen molar-refractivity contribution in [2.24, 2.45) is 5.92 Å². The number of non-ortho nitro benzene ring substituents is 1. The van der Waals surface area contributed by atoms with Crippen molar-refractivity contribution in [2.75, 3.05) is 0 Å². The third kappa shape index (κ3) is 5.38. The predicted molar refractivity (Wildman–Crippen MR) is 104 cm³/mol. The SMILES string of the molecule is Cc1nn(CC(C)C)c(C)c1CCC(=O)NNC(=O)c1cccc([N+](=O)[O-])c1. The second-order valence-corrected chi connectivity index (χ2v) is 7.04. The molecule has 0 aliphatic heterocycles. The predicted octanol–water partition coefficient (Wildman–Crippen LogP) is 2.46. The highest BCUT2D eigenvalue weighted by Crippen LogP contribution is 2.16. The molecule has 2 aromatic rings. The van der Waals surface area contributed by atoms with Gasteiger partial charge in [0, 0.05) is 36.4 Å². The number of carbonyl (C=O) groups excluding carboxylic acids is 2. The van der Waals surface area contributed by atoms with Gasteiger partial charge < -0.3 is 0 Å². The van der Waals surface area contributed by atoms with Gasteiger partial charge in [0.15, 0.2) is 0 Å². The minimum Gasteiger partial charge on any atom is -0.273 e. The van der Waals surface area contributed by atoms with Crippen LogP contribution in [0.25, 0.3) is 0 Å². The van der Waals surface area contributed by atoms with E-state index >= 15 is 0 Å². The zero-order valence-electron chi connectivity index (χ0n) is 16.5. The van der Waals surface area contributed by atoms with Crippen LogP contribution in [0.3, 0.4) is 0 Å². The van der Waals surface area contributed by atoms with E-state index in [-0.39, 0.29) is 23.6 Å². The summed E-state index contributed by atoms with van der Waals surface area (Å²) in [5.74, 6) is -0.499. The molecule has 0 unspecified atom stereocenters. The minimum atomic E-state index is -0.617. The van der Waals surface area contributed by atoms with Crippen LogP contribution in [0.15, 0.2) is 24.3 Å². The Labute approximate surface area is 163 Å². The maximum Gasteiger partial charge on any atom is 0.270 e. The molecule has 2 N–H and O–H groups in total. The molecule has 0 radical (unpaired) electrons. The van der Waals surface area contributed by atoms with Crippen molar-refractivity contribution in [3.8, 4) is 0 Å². The number of carbonyl (C=O) groups is 2. The van der Waals surface area contributed by atoms with Gasteiger partial charge in [-0.3, -0.25) is 35.2 Å². The topological polar surface area (TPSA) is 119 Å². The Hall–Kier alpha value is -3.23. The summed E-state index contributed by atoms with van der Waals surface area (Å²) in [7, 11) is 0. The van der Waals surface area contributed by atoms with Crippen molar-refractivity contribution in [3.63, 3.8) is 0 Å². The van der Waals surface area contributed by atoms with Gasteiger partial charge in [0.2, 0.25) is 5.91 Å². The Kier molecular flexibility index (Phi) is 6.86. The molecular weight excluding hydrogens is 362 g/mol. The fourth-order valence-electron chi connectivity index (χ4n) is 2.88. The number of nitro groups is 1. The van der Waals surface area contributed by atoms with Crippen molar-refractivity contribution >= 4 is 17.5 Å². The third-order valence-electron chi connectivity index (χ3n) is 4.31. The third-order valence-corrected chi connectivity index (χ3v) is 4.31. The summed E-state index contributed by atoms with van der Waals surface area (Å²) in [4.78, 5) is 34.3. The highest BCUT2D eigenvalue weighted by atomic mass is 16.6. The fourth-order valence-corrected chi connectivity index (χ4v) is 2.88. The van der Waals surface area contributed by atoms with Gasteiger partial charge >= 0.3 is 0 Å². The lowest BCUT2D eigenvalue weighted by Crippen LogP contribution is -2.41. The lowest BCUT2D eigenvalue weighted by molar-refractivity contribution is -0.384. The monoisotopic (exact) mass is 387 g/mol. The maximum absolute atomic E-state index is 12.1. The maximum atomic E-state index is 12.1. The molecule has 1 heterocycles. The number of aryl methyl sites for hydroxylation is 1. The Morgan fingerprint density at radius 2 is 1.96 bits per heavy atom. The van der Waals surface area contributed by atoms with Crippen molar-refractivity contribution in [3.05, 3.63) is 56.9 Å². The van der Waals surface area contributed by atoms with Gasteiger partial charge in [-0.1, -0.05) is 19.9 Å². The van der Waals surface area contributed by atoms with E-state index in [1.807, 2.05) is 18.5 Å². The molecule has 0 saturated carbocycles. The first kappa shape index (κ1) is 21.1. The summed E-state index contributed by atoms with van der Waals surface area (Å²) in [6.45, 7) is 8.96. The lowest BCUT2D eigenvalue weighted by Gasteiger charge is -2.09. The molecule has 9 nitrogen and oxygen atoms in total. The lowest BCUT2D eigenvalue weighted by atomic mass is 10.1. The molecule has 0 fully saturated rings. The first-order valence-electron chi connectivity index (χ1n) is 9.05. The largest absolute Gasteiger partial charge is 0.273 e. The Bertz CT molecular complexity index is 888. The molecule has 2 rings (SSSR count). The van der Waals surface area contributed by atoms with Crippen LogP contribution < -0.4 is 10.9 Å². The highest BCUT2D eigenvalue weighted by Gasteiger charge is 2.15. The molecule has 150 valence electrons. The smallest absolute Gasteiger partial charge is 0.270 e. The Balaban J connectivity index is 1.90. The number of rotatable bonds is 7. The summed E-state index contributed by atoms with van der Waals surface area (Å²) < 4.78 is 1.96. The molecule has 0 bridgehead atoms. The van der Waals surface area contributed by atoms with E-state index < -0.39 is 10.8 Å². The van der Waals surface area contributed by atoms with Crippen LogP contribution in [-0.2, 0) is 17.8 Å². The molecule has 28 heavy (non-hydrogen) atoms. The molecule has 9 heteroatoms.